The summed E-state index contributed by atoms with van der Waals surface area (Å²) < 4.78 is 11.0. The molecule has 2 fully saturated rings. The minimum absolute atomic E-state index is 0.0403. The number of carbonyl (C=O) groups excluding carboxylic acids is 1. The quantitative estimate of drug-likeness (QED) is 0.803. The van der Waals surface area contributed by atoms with Crippen molar-refractivity contribution in [3.05, 3.63) is 30.4 Å². The highest BCUT2D eigenvalue weighted by Crippen LogP contribution is 2.36. The second kappa shape index (κ2) is 7.16. The number of rotatable bonds is 3. The van der Waals surface area contributed by atoms with E-state index in [0.717, 1.165) is 31.7 Å². The van der Waals surface area contributed by atoms with Gasteiger partial charge in [-0.2, -0.15) is 4.98 Å². The van der Waals surface area contributed by atoms with Crippen LogP contribution in [0.1, 0.15) is 39.6 Å². The summed E-state index contributed by atoms with van der Waals surface area (Å²) in [4.78, 5) is 25.2. The summed E-state index contributed by atoms with van der Waals surface area (Å²) in [6.45, 7) is 11.1. The average Bonchev–Trinajstić information content (AvgIpc) is 3.35. The Bertz CT molecular complexity index is 818. The van der Waals surface area contributed by atoms with Gasteiger partial charge in [0.1, 0.15) is 5.60 Å². The number of likely N-dealkylation sites (tertiary alicyclic amines) is 2. The molecule has 0 saturated carbocycles. The number of aromatic nitrogens is 3. The second-order valence-corrected chi connectivity index (χ2v) is 8.73. The van der Waals surface area contributed by atoms with E-state index >= 15 is 0 Å². The third-order valence-electron chi connectivity index (χ3n) is 5.43. The molecule has 1 unspecified atom stereocenters. The highest BCUT2D eigenvalue weighted by Gasteiger charge is 2.44. The first-order chi connectivity index (χ1) is 13.3. The Hall–Kier alpha value is -2.48. The van der Waals surface area contributed by atoms with E-state index in [2.05, 4.69) is 26.9 Å². The van der Waals surface area contributed by atoms with E-state index in [1.54, 1.807) is 12.4 Å². The Morgan fingerprint density at radius 2 is 1.96 bits per heavy atom. The second-order valence-electron chi connectivity index (χ2n) is 8.73. The number of pyridine rings is 1. The van der Waals surface area contributed by atoms with Gasteiger partial charge in [-0.15, -0.1) is 0 Å². The van der Waals surface area contributed by atoms with Crippen LogP contribution in [0.2, 0.25) is 0 Å². The highest BCUT2D eigenvalue weighted by molar-refractivity contribution is 5.68. The molecule has 4 heterocycles. The number of nitrogens with zero attached hydrogens (tertiary/aromatic N) is 5. The molecule has 2 saturated heterocycles. The minimum atomic E-state index is -0.459. The lowest BCUT2D eigenvalue weighted by Gasteiger charge is -2.27. The van der Waals surface area contributed by atoms with Crippen molar-refractivity contribution in [2.24, 2.45) is 11.8 Å². The van der Waals surface area contributed by atoms with E-state index in [0.29, 0.717) is 23.6 Å². The van der Waals surface area contributed by atoms with Crippen molar-refractivity contribution in [3.63, 3.8) is 0 Å². The summed E-state index contributed by atoms with van der Waals surface area (Å²) >= 11 is 0. The standard InChI is InChI=1S/C20H27N5O3/c1-13(18-22-17(23-28-18)14-6-5-7-21-8-14)24-9-15-11-25(12-16(15)10-24)19(26)27-20(2,3)4/h5-8,13,15-16H,9-12H2,1-4H3/t13?,15-,16+. The molecule has 150 valence electrons. The van der Waals surface area contributed by atoms with Crippen molar-refractivity contribution < 1.29 is 14.1 Å². The third kappa shape index (κ3) is 3.87. The molecule has 0 bridgehead atoms. The van der Waals surface area contributed by atoms with Gasteiger partial charge in [-0.05, 0) is 51.7 Å². The largest absolute Gasteiger partial charge is 0.444 e. The fraction of sp³-hybridized carbons (Fsp3) is 0.600. The Morgan fingerprint density at radius 1 is 1.25 bits per heavy atom. The Kier molecular flexibility index (Phi) is 4.82. The van der Waals surface area contributed by atoms with E-state index in [4.69, 9.17) is 9.26 Å². The topological polar surface area (TPSA) is 84.6 Å². The number of amides is 1. The number of hydrogen-bond acceptors (Lipinski definition) is 7. The minimum Gasteiger partial charge on any atom is -0.444 e. The molecule has 0 radical (unpaired) electrons. The molecule has 0 aliphatic carbocycles. The Balaban J connectivity index is 1.36. The van der Waals surface area contributed by atoms with Crippen molar-refractivity contribution >= 4 is 6.09 Å². The maximum Gasteiger partial charge on any atom is 0.410 e. The smallest absolute Gasteiger partial charge is 0.410 e. The van der Waals surface area contributed by atoms with Gasteiger partial charge in [-0.1, -0.05) is 5.16 Å². The van der Waals surface area contributed by atoms with E-state index in [1.165, 1.54) is 0 Å². The van der Waals surface area contributed by atoms with Crippen molar-refractivity contribution in [1.29, 1.82) is 0 Å². The number of ether oxygens (including phenoxy) is 1. The predicted molar refractivity (Wildman–Crippen MR) is 102 cm³/mol. The van der Waals surface area contributed by atoms with E-state index < -0.39 is 5.60 Å². The van der Waals surface area contributed by atoms with Crippen LogP contribution >= 0.6 is 0 Å². The van der Waals surface area contributed by atoms with Crippen LogP contribution in [0.5, 0.6) is 0 Å². The average molecular weight is 385 g/mol. The zero-order valence-corrected chi connectivity index (χ0v) is 16.8. The molecule has 2 aliphatic heterocycles. The SMILES string of the molecule is CC(c1nc(-c2cccnc2)no1)N1C[C@H]2CN(C(=O)OC(C)(C)C)C[C@H]2C1. The van der Waals surface area contributed by atoms with Gasteiger partial charge in [0.25, 0.3) is 0 Å². The molecule has 0 spiro atoms. The van der Waals surface area contributed by atoms with E-state index in [-0.39, 0.29) is 12.1 Å². The van der Waals surface area contributed by atoms with Crippen LogP contribution in [-0.4, -0.2) is 62.8 Å². The molecule has 2 aliphatic rings. The molecule has 3 atom stereocenters. The van der Waals surface area contributed by atoms with Crippen molar-refractivity contribution in [2.45, 2.75) is 39.3 Å². The summed E-state index contributed by atoms with van der Waals surface area (Å²) in [7, 11) is 0. The van der Waals surface area contributed by atoms with Gasteiger partial charge in [0, 0.05) is 44.1 Å². The van der Waals surface area contributed by atoms with Gasteiger partial charge in [-0.25, -0.2) is 4.79 Å². The van der Waals surface area contributed by atoms with Gasteiger partial charge < -0.3 is 14.2 Å². The highest BCUT2D eigenvalue weighted by atomic mass is 16.6. The van der Waals surface area contributed by atoms with Gasteiger partial charge in [0.05, 0.1) is 6.04 Å². The fourth-order valence-electron chi connectivity index (χ4n) is 3.99. The number of fused-ring (bicyclic) bond motifs is 1. The fourth-order valence-corrected chi connectivity index (χ4v) is 3.99. The van der Waals surface area contributed by atoms with Crippen LogP contribution in [0, 0.1) is 11.8 Å². The first-order valence-corrected chi connectivity index (χ1v) is 9.76. The lowest BCUT2D eigenvalue weighted by Crippen LogP contribution is -2.37. The van der Waals surface area contributed by atoms with Crippen LogP contribution in [0.15, 0.2) is 29.0 Å². The lowest BCUT2D eigenvalue weighted by molar-refractivity contribution is 0.0270. The Labute approximate surface area is 164 Å². The van der Waals surface area contributed by atoms with Gasteiger partial charge in [0.15, 0.2) is 0 Å². The molecular formula is C20H27N5O3. The van der Waals surface area contributed by atoms with Crippen LogP contribution in [0.3, 0.4) is 0 Å². The van der Waals surface area contributed by atoms with Gasteiger partial charge in [0.2, 0.25) is 11.7 Å². The molecular weight excluding hydrogens is 358 g/mol. The van der Waals surface area contributed by atoms with Crippen molar-refractivity contribution in [1.82, 2.24) is 24.9 Å². The van der Waals surface area contributed by atoms with Gasteiger partial charge >= 0.3 is 6.09 Å². The summed E-state index contributed by atoms with van der Waals surface area (Å²) in [6.07, 6.45) is 3.24. The molecule has 2 aromatic heterocycles. The molecule has 4 rings (SSSR count). The maximum atomic E-state index is 12.3. The third-order valence-corrected chi connectivity index (χ3v) is 5.43. The van der Waals surface area contributed by atoms with Gasteiger partial charge in [-0.3, -0.25) is 9.88 Å². The summed E-state index contributed by atoms with van der Waals surface area (Å²) in [5.41, 5.74) is 0.384. The molecule has 0 N–H and O–H groups in total. The van der Waals surface area contributed by atoms with Crippen LogP contribution in [-0.2, 0) is 4.74 Å². The molecule has 1 amide bonds. The monoisotopic (exact) mass is 385 g/mol. The summed E-state index contributed by atoms with van der Waals surface area (Å²) in [5, 5.41) is 4.10. The molecule has 28 heavy (non-hydrogen) atoms. The number of hydrogen-bond donors (Lipinski definition) is 0. The zero-order valence-electron chi connectivity index (χ0n) is 16.8. The molecule has 0 aromatic carbocycles. The zero-order chi connectivity index (χ0) is 19.9. The summed E-state index contributed by atoms with van der Waals surface area (Å²) in [5.74, 6) is 2.08. The first-order valence-electron chi connectivity index (χ1n) is 9.76. The summed E-state index contributed by atoms with van der Waals surface area (Å²) in [6, 6.07) is 3.81. The molecule has 8 nitrogen and oxygen atoms in total. The van der Waals surface area contributed by atoms with Crippen LogP contribution in [0.4, 0.5) is 4.79 Å². The molecule has 8 heteroatoms. The maximum absolute atomic E-state index is 12.3. The normalized spacial score (nSPS) is 23.6. The molecule has 2 aromatic rings. The van der Waals surface area contributed by atoms with Crippen molar-refractivity contribution in [2.75, 3.05) is 26.2 Å². The van der Waals surface area contributed by atoms with Crippen LogP contribution < -0.4 is 0 Å². The van der Waals surface area contributed by atoms with Crippen LogP contribution in [0.25, 0.3) is 11.4 Å². The lowest BCUT2D eigenvalue weighted by atomic mass is 10.0. The Morgan fingerprint density at radius 3 is 2.57 bits per heavy atom. The van der Waals surface area contributed by atoms with Crippen molar-refractivity contribution in [3.8, 4) is 11.4 Å². The van der Waals surface area contributed by atoms with E-state index in [9.17, 15) is 4.79 Å². The van der Waals surface area contributed by atoms with E-state index in [1.807, 2.05) is 37.8 Å². The first kappa shape index (κ1) is 18.9. The number of carbonyl (C=O) groups is 1. The predicted octanol–water partition coefficient (Wildman–Crippen LogP) is 2.99.